The van der Waals surface area contributed by atoms with Gasteiger partial charge >= 0.3 is 0 Å². The summed E-state index contributed by atoms with van der Waals surface area (Å²) in [6.07, 6.45) is 6.13. The maximum Gasteiger partial charge on any atom is 0.250 e. The highest BCUT2D eigenvalue weighted by molar-refractivity contribution is 6.30. The highest BCUT2D eigenvalue weighted by Gasteiger charge is 2.00. The summed E-state index contributed by atoms with van der Waals surface area (Å²) in [7, 11) is 0. The molecule has 0 aliphatic carbocycles. The molecule has 0 saturated heterocycles. The molecule has 0 N–H and O–H groups in total. The zero-order valence-corrected chi connectivity index (χ0v) is 7.87. The van der Waals surface area contributed by atoms with Gasteiger partial charge in [-0.3, -0.25) is 0 Å². The molecule has 2 rings (SSSR count). The molecule has 4 nitrogen and oxygen atoms in total. The van der Waals surface area contributed by atoms with E-state index in [4.69, 9.17) is 23.2 Å². The average molecular weight is 215 g/mol. The maximum atomic E-state index is 5.68. The number of hydrogen-bond donors (Lipinski definition) is 0. The third-order valence-electron chi connectivity index (χ3n) is 1.36. The van der Waals surface area contributed by atoms with E-state index in [-0.39, 0.29) is 0 Å². The van der Waals surface area contributed by atoms with E-state index in [1.54, 1.807) is 6.20 Å². The van der Waals surface area contributed by atoms with Crippen LogP contribution in [0.1, 0.15) is 0 Å². The number of halogens is 2. The minimum atomic E-state index is 0.441. The summed E-state index contributed by atoms with van der Waals surface area (Å²) in [5.74, 6) is 0.441. The summed E-state index contributed by atoms with van der Waals surface area (Å²) in [5.41, 5.74) is 0. The first-order valence-corrected chi connectivity index (χ1v) is 4.19. The summed E-state index contributed by atoms with van der Waals surface area (Å²) in [5, 5.41) is 4.96. The van der Waals surface area contributed by atoms with Gasteiger partial charge in [0.05, 0.1) is 34.8 Å². The molecule has 0 aliphatic heterocycles. The quantitative estimate of drug-likeness (QED) is 0.730. The van der Waals surface area contributed by atoms with Gasteiger partial charge in [0.1, 0.15) is 0 Å². The van der Waals surface area contributed by atoms with Crippen LogP contribution in [0.4, 0.5) is 0 Å². The van der Waals surface area contributed by atoms with Crippen LogP contribution in [-0.2, 0) is 0 Å². The zero-order chi connectivity index (χ0) is 9.26. The third kappa shape index (κ3) is 1.79. The van der Waals surface area contributed by atoms with E-state index >= 15 is 0 Å². The van der Waals surface area contributed by atoms with Crippen molar-refractivity contribution < 1.29 is 0 Å². The molecule has 0 unspecified atom stereocenters. The summed E-state index contributed by atoms with van der Waals surface area (Å²) < 4.78 is 1.47. The molecule has 6 heteroatoms. The molecule has 2 aromatic heterocycles. The van der Waals surface area contributed by atoms with E-state index in [9.17, 15) is 0 Å². The maximum absolute atomic E-state index is 5.68. The predicted molar refractivity (Wildman–Crippen MR) is 49.2 cm³/mol. The zero-order valence-electron chi connectivity index (χ0n) is 6.35. The molecule has 0 aromatic carbocycles. The van der Waals surface area contributed by atoms with Crippen molar-refractivity contribution in [3.05, 3.63) is 34.8 Å². The van der Waals surface area contributed by atoms with Gasteiger partial charge in [-0.05, 0) is 0 Å². The Balaban J connectivity index is 2.41. The lowest BCUT2D eigenvalue weighted by Crippen LogP contribution is -1.99. The highest BCUT2D eigenvalue weighted by atomic mass is 35.5. The van der Waals surface area contributed by atoms with Crippen molar-refractivity contribution in [1.29, 1.82) is 0 Å². The Labute approximate surface area is 84.1 Å². The van der Waals surface area contributed by atoms with E-state index in [1.807, 2.05) is 0 Å². The van der Waals surface area contributed by atoms with Crippen molar-refractivity contribution in [2.45, 2.75) is 0 Å². The molecule has 66 valence electrons. The molecule has 0 fully saturated rings. The molecule has 0 amide bonds. The molecule has 0 aliphatic rings. The Bertz CT molecular complexity index is 409. The van der Waals surface area contributed by atoms with Crippen LogP contribution in [0.15, 0.2) is 24.8 Å². The van der Waals surface area contributed by atoms with Crippen molar-refractivity contribution in [3.8, 4) is 5.95 Å². The van der Waals surface area contributed by atoms with Gasteiger partial charge in [-0.2, -0.15) is 5.10 Å². The second-order valence-electron chi connectivity index (χ2n) is 2.30. The van der Waals surface area contributed by atoms with Gasteiger partial charge in [0.25, 0.3) is 5.95 Å². The van der Waals surface area contributed by atoms with Gasteiger partial charge in [-0.25, -0.2) is 14.6 Å². The number of aromatic nitrogens is 4. The lowest BCUT2D eigenvalue weighted by Gasteiger charge is -1.96. The van der Waals surface area contributed by atoms with E-state index in [2.05, 4.69) is 15.1 Å². The Hall–Kier alpha value is -1.13. The van der Waals surface area contributed by atoms with E-state index in [0.717, 1.165) is 0 Å². The fourth-order valence-corrected chi connectivity index (χ4v) is 1.07. The van der Waals surface area contributed by atoms with E-state index in [1.165, 1.54) is 23.3 Å². The molecule has 2 aromatic rings. The lowest BCUT2D eigenvalue weighted by atomic mass is 10.6. The van der Waals surface area contributed by atoms with Crippen molar-refractivity contribution in [1.82, 2.24) is 19.7 Å². The summed E-state index contributed by atoms with van der Waals surface area (Å²) in [6, 6.07) is 0. The topological polar surface area (TPSA) is 43.6 Å². The van der Waals surface area contributed by atoms with Crippen LogP contribution < -0.4 is 0 Å². The summed E-state index contributed by atoms with van der Waals surface area (Å²) in [4.78, 5) is 7.92. The first-order chi connectivity index (χ1) is 6.25. The number of hydrogen-bond acceptors (Lipinski definition) is 3. The Morgan fingerprint density at radius 2 is 1.69 bits per heavy atom. The van der Waals surface area contributed by atoms with Crippen molar-refractivity contribution in [2.24, 2.45) is 0 Å². The fraction of sp³-hybridized carbons (Fsp3) is 0. The van der Waals surface area contributed by atoms with Crippen molar-refractivity contribution >= 4 is 23.2 Å². The summed E-state index contributed by atoms with van der Waals surface area (Å²) >= 11 is 11.3. The van der Waals surface area contributed by atoms with Gasteiger partial charge < -0.3 is 0 Å². The van der Waals surface area contributed by atoms with Crippen LogP contribution in [-0.4, -0.2) is 19.7 Å². The standard InChI is InChI=1S/C7H4Cl2N4/c8-5-1-10-7(11-2-5)13-4-6(9)3-12-13/h1-4H. The molecule has 13 heavy (non-hydrogen) atoms. The minimum absolute atomic E-state index is 0.441. The molecular formula is C7H4Cl2N4. The number of rotatable bonds is 1. The van der Waals surface area contributed by atoms with Gasteiger partial charge in [0.15, 0.2) is 0 Å². The average Bonchev–Trinajstić information content (AvgIpc) is 2.53. The molecule has 2 heterocycles. The van der Waals surface area contributed by atoms with E-state index in [0.29, 0.717) is 16.0 Å². The normalized spacial score (nSPS) is 10.3. The van der Waals surface area contributed by atoms with Gasteiger partial charge in [-0.15, -0.1) is 0 Å². The van der Waals surface area contributed by atoms with Crippen LogP contribution in [0.5, 0.6) is 0 Å². The van der Waals surface area contributed by atoms with Gasteiger partial charge in [-0.1, -0.05) is 23.2 Å². The minimum Gasteiger partial charge on any atom is -0.218 e. The van der Waals surface area contributed by atoms with Gasteiger partial charge in [0.2, 0.25) is 0 Å². The Kier molecular flexibility index (Phi) is 2.16. The second-order valence-corrected chi connectivity index (χ2v) is 3.18. The Morgan fingerprint density at radius 3 is 2.23 bits per heavy atom. The molecule has 0 radical (unpaired) electrons. The molecular weight excluding hydrogens is 211 g/mol. The van der Waals surface area contributed by atoms with E-state index < -0.39 is 0 Å². The number of nitrogens with zero attached hydrogens (tertiary/aromatic N) is 4. The van der Waals surface area contributed by atoms with Crippen LogP contribution >= 0.6 is 23.2 Å². The lowest BCUT2D eigenvalue weighted by molar-refractivity contribution is 0.808. The van der Waals surface area contributed by atoms with Crippen LogP contribution in [0.3, 0.4) is 0 Å². The molecule has 0 atom stereocenters. The second kappa shape index (κ2) is 3.32. The van der Waals surface area contributed by atoms with Crippen molar-refractivity contribution in [2.75, 3.05) is 0 Å². The Morgan fingerprint density at radius 1 is 1.00 bits per heavy atom. The highest BCUT2D eigenvalue weighted by Crippen LogP contribution is 2.09. The first-order valence-electron chi connectivity index (χ1n) is 3.44. The largest absolute Gasteiger partial charge is 0.250 e. The monoisotopic (exact) mass is 214 g/mol. The molecule has 0 saturated carbocycles. The molecule has 0 spiro atoms. The molecule has 0 bridgehead atoms. The SMILES string of the molecule is Clc1cnc(-n2cc(Cl)cn2)nc1. The first kappa shape index (κ1) is 8.47. The fourth-order valence-electron chi connectivity index (χ4n) is 0.834. The van der Waals surface area contributed by atoms with Crippen LogP contribution in [0.25, 0.3) is 5.95 Å². The smallest absolute Gasteiger partial charge is 0.218 e. The van der Waals surface area contributed by atoms with Crippen LogP contribution in [0.2, 0.25) is 10.0 Å². The predicted octanol–water partition coefficient (Wildman–Crippen LogP) is 1.97. The van der Waals surface area contributed by atoms with Crippen LogP contribution in [0, 0.1) is 0 Å². The summed E-state index contributed by atoms with van der Waals surface area (Å²) in [6.45, 7) is 0. The van der Waals surface area contributed by atoms with Gasteiger partial charge in [0, 0.05) is 0 Å². The third-order valence-corrected chi connectivity index (χ3v) is 1.75. The van der Waals surface area contributed by atoms with Crippen molar-refractivity contribution in [3.63, 3.8) is 0 Å².